The number of hydrogen-bond donors (Lipinski definition) is 0. The third-order valence-electron chi connectivity index (χ3n) is 2.71. The molecule has 0 atom stereocenters. The summed E-state index contributed by atoms with van der Waals surface area (Å²) in [7, 11) is 0. The summed E-state index contributed by atoms with van der Waals surface area (Å²) in [6.07, 6.45) is 0. The van der Waals surface area contributed by atoms with E-state index in [0.29, 0.717) is 5.01 Å². The number of ether oxygens (including phenoxy) is 3. The fourth-order valence-corrected chi connectivity index (χ4v) is 2.67. The predicted octanol–water partition coefficient (Wildman–Crippen LogP) is 2.93. The molecule has 0 bridgehead atoms. The van der Waals surface area contributed by atoms with Gasteiger partial charge in [-0.15, -0.1) is 11.3 Å². The van der Waals surface area contributed by atoms with Crippen molar-refractivity contribution in [3.63, 3.8) is 0 Å². The fraction of sp³-hybridized carbons (Fsp3) is 0.312. The highest BCUT2D eigenvalue weighted by Gasteiger charge is 2.22. The van der Waals surface area contributed by atoms with Crippen molar-refractivity contribution < 1.29 is 23.8 Å². The minimum atomic E-state index is -0.522. The summed E-state index contributed by atoms with van der Waals surface area (Å²) in [6.45, 7) is 3.63. The number of benzene rings is 1. The van der Waals surface area contributed by atoms with E-state index in [1.807, 2.05) is 30.3 Å². The standard InChI is InChI=1S/C16H17NO5S/c1-3-20-12(18)10-22-14-13(16(19)21-4-2)23-15(17-14)11-8-6-5-7-9-11/h5-9H,3-4,10H2,1-2H3. The highest BCUT2D eigenvalue weighted by atomic mass is 32.1. The predicted molar refractivity (Wildman–Crippen MR) is 85.6 cm³/mol. The van der Waals surface area contributed by atoms with Crippen LogP contribution in [0.5, 0.6) is 5.88 Å². The molecule has 0 radical (unpaired) electrons. The van der Waals surface area contributed by atoms with Gasteiger partial charge in [0.25, 0.3) is 0 Å². The van der Waals surface area contributed by atoms with Crippen LogP contribution in [0.3, 0.4) is 0 Å². The molecule has 0 unspecified atom stereocenters. The van der Waals surface area contributed by atoms with E-state index in [9.17, 15) is 9.59 Å². The van der Waals surface area contributed by atoms with Crippen molar-refractivity contribution in [1.29, 1.82) is 0 Å². The van der Waals surface area contributed by atoms with Crippen molar-refractivity contribution in [2.45, 2.75) is 13.8 Å². The van der Waals surface area contributed by atoms with E-state index in [1.54, 1.807) is 13.8 Å². The molecule has 0 saturated heterocycles. The van der Waals surface area contributed by atoms with Crippen LogP contribution in [-0.2, 0) is 14.3 Å². The first-order valence-corrected chi connectivity index (χ1v) is 7.99. The Hall–Kier alpha value is -2.41. The summed E-state index contributed by atoms with van der Waals surface area (Å²) in [5, 5.41) is 0.618. The molecule has 1 heterocycles. The second-order valence-electron chi connectivity index (χ2n) is 4.33. The quantitative estimate of drug-likeness (QED) is 0.724. The van der Waals surface area contributed by atoms with Crippen molar-refractivity contribution in [2.24, 2.45) is 0 Å². The maximum absolute atomic E-state index is 12.0. The normalized spacial score (nSPS) is 10.2. The average Bonchev–Trinajstić information content (AvgIpc) is 2.99. The van der Waals surface area contributed by atoms with Crippen molar-refractivity contribution in [2.75, 3.05) is 19.8 Å². The number of rotatable bonds is 7. The first-order valence-electron chi connectivity index (χ1n) is 7.17. The summed E-state index contributed by atoms with van der Waals surface area (Å²) in [6, 6.07) is 9.40. The molecule has 7 heteroatoms. The molecule has 122 valence electrons. The smallest absolute Gasteiger partial charge is 0.354 e. The Morgan fingerprint density at radius 2 is 1.78 bits per heavy atom. The van der Waals surface area contributed by atoms with Gasteiger partial charge in [0.2, 0.25) is 5.88 Å². The maximum Gasteiger partial charge on any atom is 0.354 e. The van der Waals surface area contributed by atoms with Crippen LogP contribution in [0.4, 0.5) is 0 Å². The summed E-state index contributed by atoms with van der Waals surface area (Å²) < 4.78 is 15.2. The number of aromatic nitrogens is 1. The van der Waals surface area contributed by atoms with Gasteiger partial charge in [0.1, 0.15) is 5.01 Å². The number of nitrogens with zero attached hydrogens (tertiary/aromatic N) is 1. The highest BCUT2D eigenvalue weighted by molar-refractivity contribution is 7.17. The Morgan fingerprint density at radius 1 is 1.09 bits per heavy atom. The Morgan fingerprint density at radius 3 is 2.43 bits per heavy atom. The maximum atomic E-state index is 12.0. The molecule has 1 aromatic carbocycles. The van der Waals surface area contributed by atoms with Crippen molar-refractivity contribution in [3.05, 3.63) is 35.2 Å². The first kappa shape index (κ1) is 17.0. The van der Waals surface area contributed by atoms with Crippen LogP contribution in [-0.4, -0.2) is 36.7 Å². The summed E-state index contributed by atoms with van der Waals surface area (Å²) >= 11 is 1.16. The van der Waals surface area contributed by atoms with Crippen LogP contribution >= 0.6 is 11.3 Å². The zero-order valence-electron chi connectivity index (χ0n) is 12.9. The molecule has 0 saturated carbocycles. The Bertz CT molecular complexity index is 668. The zero-order valence-corrected chi connectivity index (χ0v) is 13.7. The number of carbonyl (C=O) groups excluding carboxylic acids is 2. The van der Waals surface area contributed by atoms with Gasteiger partial charge in [0.15, 0.2) is 11.5 Å². The fourth-order valence-electron chi connectivity index (χ4n) is 1.76. The van der Waals surface area contributed by atoms with Crippen LogP contribution in [0.15, 0.2) is 30.3 Å². The van der Waals surface area contributed by atoms with Crippen LogP contribution < -0.4 is 4.74 Å². The Balaban J connectivity index is 2.25. The molecule has 0 N–H and O–H groups in total. The first-order chi connectivity index (χ1) is 11.2. The summed E-state index contributed by atoms with van der Waals surface area (Å²) in [5.41, 5.74) is 0.856. The van der Waals surface area contributed by atoms with Crippen LogP contribution in [0.2, 0.25) is 0 Å². The monoisotopic (exact) mass is 335 g/mol. The number of carbonyl (C=O) groups is 2. The highest BCUT2D eigenvalue weighted by Crippen LogP contribution is 2.33. The van der Waals surface area contributed by atoms with Gasteiger partial charge in [-0.1, -0.05) is 30.3 Å². The van der Waals surface area contributed by atoms with Crippen LogP contribution in [0.25, 0.3) is 10.6 Å². The second kappa shape index (κ2) is 8.28. The van der Waals surface area contributed by atoms with Gasteiger partial charge in [0, 0.05) is 5.56 Å². The van der Waals surface area contributed by atoms with Crippen molar-refractivity contribution in [3.8, 4) is 16.5 Å². The van der Waals surface area contributed by atoms with E-state index in [4.69, 9.17) is 14.2 Å². The minimum Gasteiger partial charge on any atom is -0.464 e. The third-order valence-corrected chi connectivity index (χ3v) is 3.78. The van der Waals surface area contributed by atoms with Gasteiger partial charge < -0.3 is 14.2 Å². The lowest BCUT2D eigenvalue weighted by molar-refractivity contribution is -0.145. The molecular formula is C16H17NO5S. The number of hydrogen-bond acceptors (Lipinski definition) is 7. The molecule has 0 aliphatic carbocycles. The lowest BCUT2D eigenvalue weighted by Gasteiger charge is -2.04. The Kier molecular flexibility index (Phi) is 6.10. The van der Waals surface area contributed by atoms with E-state index < -0.39 is 11.9 Å². The van der Waals surface area contributed by atoms with Crippen LogP contribution in [0, 0.1) is 0 Å². The van der Waals surface area contributed by atoms with Gasteiger partial charge in [-0.2, -0.15) is 0 Å². The number of esters is 2. The van der Waals surface area contributed by atoms with Gasteiger partial charge >= 0.3 is 11.9 Å². The lowest BCUT2D eigenvalue weighted by atomic mass is 10.2. The van der Waals surface area contributed by atoms with E-state index in [-0.39, 0.29) is 30.6 Å². The van der Waals surface area contributed by atoms with E-state index >= 15 is 0 Å². The van der Waals surface area contributed by atoms with Gasteiger partial charge in [-0.3, -0.25) is 0 Å². The van der Waals surface area contributed by atoms with E-state index in [1.165, 1.54) is 0 Å². The van der Waals surface area contributed by atoms with Crippen molar-refractivity contribution >= 4 is 23.3 Å². The minimum absolute atomic E-state index is 0.0837. The van der Waals surface area contributed by atoms with Gasteiger partial charge in [-0.05, 0) is 13.8 Å². The summed E-state index contributed by atoms with van der Waals surface area (Å²) in [5.74, 6) is -0.956. The SMILES string of the molecule is CCOC(=O)COc1nc(-c2ccccc2)sc1C(=O)OCC. The molecule has 23 heavy (non-hydrogen) atoms. The average molecular weight is 335 g/mol. The summed E-state index contributed by atoms with van der Waals surface area (Å²) in [4.78, 5) is 28.0. The third kappa shape index (κ3) is 4.53. The largest absolute Gasteiger partial charge is 0.464 e. The lowest BCUT2D eigenvalue weighted by Crippen LogP contribution is -2.16. The topological polar surface area (TPSA) is 74.7 Å². The van der Waals surface area contributed by atoms with Crippen molar-refractivity contribution in [1.82, 2.24) is 4.98 Å². The Labute approximate surface area is 138 Å². The molecule has 6 nitrogen and oxygen atoms in total. The molecule has 0 aliphatic heterocycles. The molecule has 0 fully saturated rings. The van der Waals surface area contributed by atoms with Gasteiger partial charge in [-0.25, -0.2) is 14.6 Å². The second-order valence-corrected chi connectivity index (χ2v) is 5.33. The molecule has 2 aromatic rings. The molecule has 0 amide bonds. The zero-order chi connectivity index (χ0) is 16.7. The van der Waals surface area contributed by atoms with Crippen LogP contribution in [0.1, 0.15) is 23.5 Å². The molecule has 1 aromatic heterocycles. The van der Waals surface area contributed by atoms with E-state index in [2.05, 4.69) is 4.98 Å². The van der Waals surface area contributed by atoms with E-state index in [0.717, 1.165) is 16.9 Å². The molecule has 2 rings (SSSR count). The van der Waals surface area contributed by atoms with Gasteiger partial charge in [0.05, 0.1) is 13.2 Å². The molecule has 0 aliphatic rings. The molecule has 0 spiro atoms. The number of thiazole rings is 1. The molecular weight excluding hydrogens is 318 g/mol.